The molecule has 0 spiro atoms. The quantitative estimate of drug-likeness (QED) is 0.637. The number of hydrogen-bond donors (Lipinski definition) is 0. The molecule has 0 bridgehead atoms. The van der Waals surface area contributed by atoms with Gasteiger partial charge in [-0.2, -0.15) is 0 Å². The summed E-state index contributed by atoms with van der Waals surface area (Å²) in [7, 11) is -3.92. The van der Waals surface area contributed by atoms with Gasteiger partial charge in [-0.1, -0.05) is 90.1 Å². The third-order valence-corrected chi connectivity index (χ3v) is 1.66. The molecule has 0 unspecified atom stereocenters. The van der Waals surface area contributed by atoms with Gasteiger partial charge in [0.2, 0.25) is 0 Å². The van der Waals surface area contributed by atoms with Gasteiger partial charge in [0.25, 0.3) is 0 Å². The van der Waals surface area contributed by atoms with Crippen LogP contribution in [0.15, 0.2) is 48.5 Å². The van der Waals surface area contributed by atoms with Crippen LogP contribution in [0.25, 0.3) is 10.8 Å². The fraction of sp³-hybridized carbons (Fsp3) is 0.412. The third-order valence-electron chi connectivity index (χ3n) is 1.66. The smallest absolute Gasteiger partial charge is 0.0916 e. The molecule has 0 aliphatic heterocycles. The summed E-state index contributed by atoms with van der Waals surface area (Å²) in [6, 6.07) is 16.7. The molecule has 2 rings (SSSR count). The molecule has 122 valence electrons. The van der Waals surface area contributed by atoms with E-state index in [0.717, 1.165) is 0 Å². The van der Waals surface area contributed by atoms with Crippen LogP contribution in [0.5, 0.6) is 0 Å². The molecule has 0 heterocycles. The molecule has 2 aromatic rings. The first-order valence-corrected chi connectivity index (χ1v) is 9.13. The lowest BCUT2D eigenvalue weighted by molar-refractivity contribution is 0.470. The van der Waals surface area contributed by atoms with Crippen molar-refractivity contribution in [3.05, 3.63) is 48.5 Å². The Morgan fingerprint density at radius 3 is 0.952 bits per heavy atom. The van der Waals surface area contributed by atoms with Gasteiger partial charge in [-0.3, -0.25) is 0 Å². The van der Waals surface area contributed by atoms with Gasteiger partial charge in [-0.25, -0.2) is 8.42 Å². The molecule has 21 heavy (non-hydrogen) atoms. The van der Waals surface area contributed by atoms with Gasteiger partial charge in [-0.15, -0.1) is 0 Å². The van der Waals surface area contributed by atoms with E-state index in [1.165, 1.54) is 10.8 Å². The highest BCUT2D eigenvalue weighted by Crippen LogP contribution is 2.11. The lowest BCUT2D eigenvalue weighted by Gasteiger charge is -1.92. The van der Waals surface area contributed by atoms with Gasteiger partial charge in [0, 0.05) is 6.26 Å². The second-order valence-electron chi connectivity index (χ2n) is 3.05. The Balaban J connectivity index is -0.000000253. The summed E-state index contributed by atoms with van der Waals surface area (Å²) in [5, 5.41) is 2.62. The Hall–Kier alpha value is -1.39. The zero-order valence-electron chi connectivity index (χ0n) is 14.3. The molecule has 0 saturated heterocycles. The fourth-order valence-electron chi connectivity index (χ4n) is 1.13. The van der Waals surface area contributed by atoms with Crippen molar-refractivity contribution in [2.45, 2.75) is 41.5 Å². The fourth-order valence-corrected chi connectivity index (χ4v) is 1.13. The van der Waals surface area contributed by atoms with Crippen LogP contribution >= 0.6 is 0 Å². The molecule has 3 nitrogen and oxygen atoms in total. The van der Waals surface area contributed by atoms with Crippen molar-refractivity contribution in [3.63, 3.8) is 0 Å². The SMILES string of the molecule is CC.CC.CC.CS(=O)(=O)[O-].c1ccc2ccccc2c1. The minimum absolute atomic E-state index is 0.604. The van der Waals surface area contributed by atoms with E-state index in [0.29, 0.717) is 6.26 Å². The molecular formula is C17H29O3S-. The predicted octanol–water partition coefficient (Wildman–Crippen LogP) is 5.08. The summed E-state index contributed by atoms with van der Waals surface area (Å²) < 4.78 is 27.2. The van der Waals surface area contributed by atoms with Gasteiger partial charge in [-0.05, 0) is 10.8 Å². The molecular weight excluding hydrogens is 284 g/mol. The molecule has 4 heteroatoms. The van der Waals surface area contributed by atoms with Crippen LogP contribution in [0.1, 0.15) is 41.5 Å². The molecule has 0 aromatic heterocycles. The summed E-state index contributed by atoms with van der Waals surface area (Å²) in [6.07, 6.45) is 0.604. The van der Waals surface area contributed by atoms with E-state index in [-0.39, 0.29) is 0 Å². The first-order valence-electron chi connectivity index (χ1n) is 7.31. The van der Waals surface area contributed by atoms with Gasteiger partial charge < -0.3 is 4.55 Å². The van der Waals surface area contributed by atoms with E-state index in [1.807, 2.05) is 41.5 Å². The van der Waals surface area contributed by atoms with Crippen LogP contribution < -0.4 is 0 Å². The molecule has 0 aliphatic carbocycles. The normalized spacial score (nSPS) is 8.38. The van der Waals surface area contributed by atoms with E-state index in [4.69, 9.17) is 13.0 Å². The van der Waals surface area contributed by atoms with Crippen LogP contribution in [-0.4, -0.2) is 19.2 Å². The molecule has 0 fully saturated rings. The van der Waals surface area contributed by atoms with E-state index < -0.39 is 10.1 Å². The molecule has 0 saturated carbocycles. The maximum absolute atomic E-state index is 9.08. The summed E-state index contributed by atoms with van der Waals surface area (Å²) in [4.78, 5) is 0. The van der Waals surface area contributed by atoms with E-state index >= 15 is 0 Å². The molecule has 0 amide bonds. The maximum atomic E-state index is 9.08. The Labute approximate surface area is 130 Å². The van der Waals surface area contributed by atoms with Crippen molar-refractivity contribution in [2.24, 2.45) is 0 Å². The minimum atomic E-state index is -3.92. The summed E-state index contributed by atoms with van der Waals surface area (Å²) in [5.74, 6) is 0. The Morgan fingerprint density at radius 1 is 0.667 bits per heavy atom. The Morgan fingerprint density at radius 2 is 0.810 bits per heavy atom. The van der Waals surface area contributed by atoms with Crippen molar-refractivity contribution in [1.82, 2.24) is 0 Å². The highest BCUT2D eigenvalue weighted by molar-refractivity contribution is 7.84. The second kappa shape index (κ2) is 16.7. The van der Waals surface area contributed by atoms with Gasteiger partial charge in [0.1, 0.15) is 0 Å². The monoisotopic (exact) mass is 313 g/mol. The zero-order chi connectivity index (χ0) is 17.3. The molecule has 0 atom stereocenters. The second-order valence-corrected chi connectivity index (χ2v) is 4.46. The third kappa shape index (κ3) is 18.6. The van der Waals surface area contributed by atoms with Crippen LogP contribution in [-0.2, 0) is 10.1 Å². The highest BCUT2D eigenvalue weighted by Gasteiger charge is 1.85. The largest absolute Gasteiger partial charge is 0.748 e. The number of fused-ring (bicyclic) bond motifs is 1. The maximum Gasteiger partial charge on any atom is 0.0916 e. The molecule has 0 N–H and O–H groups in total. The first-order chi connectivity index (χ1) is 9.97. The molecule has 2 aromatic carbocycles. The average Bonchev–Trinajstić information content (AvgIpc) is 2.52. The molecule has 0 radical (unpaired) electrons. The van der Waals surface area contributed by atoms with Crippen molar-refractivity contribution in [1.29, 1.82) is 0 Å². The zero-order valence-corrected chi connectivity index (χ0v) is 15.1. The lowest BCUT2D eigenvalue weighted by atomic mass is 10.1. The van der Waals surface area contributed by atoms with Gasteiger partial charge in [0.05, 0.1) is 10.1 Å². The van der Waals surface area contributed by atoms with Crippen LogP contribution in [0.4, 0.5) is 0 Å². The minimum Gasteiger partial charge on any atom is -0.748 e. The average molecular weight is 313 g/mol. The van der Waals surface area contributed by atoms with Crippen molar-refractivity contribution in [3.8, 4) is 0 Å². The lowest BCUT2D eigenvalue weighted by Crippen LogP contribution is -1.88. The van der Waals surface area contributed by atoms with Crippen molar-refractivity contribution < 1.29 is 13.0 Å². The van der Waals surface area contributed by atoms with E-state index in [2.05, 4.69) is 48.5 Å². The summed E-state index contributed by atoms with van der Waals surface area (Å²) in [5.41, 5.74) is 0. The number of rotatable bonds is 0. The topological polar surface area (TPSA) is 57.2 Å². The van der Waals surface area contributed by atoms with E-state index in [1.54, 1.807) is 0 Å². The number of hydrogen-bond acceptors (Lipinski definition) is 3. The van der Waals surface area contributed by atoms with Gasteiger partial charge in [0.15, 0.2) is 0 Å². The summed E-state index contributed by atoms with van der Waals surface area (Å²) in [6.45, 7) is 12.0. The van der Waals surface area contributed by atoms with Gasteiger partial charge >= 0.3 is 0 Å². The highest BCUT2D eigenvalue weighted by atomic mass is 32.2. The van der Waals surface area contributed by atoms with Crippen LogP contribution in [0.3, 0.4) is 0 Å². The Kier molecular flexibility index (Phi) is 19.5. The van der Waals surface area contributed by atoms with Crippen molar-refractivity contribution >= 4 is 20.9 Å². The van der Waals surface area contributed by atoms with Crippen LogP contribution in [0.2, 0.25) is 0 Å². The Bertz CT molecular complexity index is 461. The molecule has 0 aliphatic rings. The van der Waals surface area contributed by atoms with Crippen LogP contribution in [0, 0.1) is 0 Å². The predicted molar refractivity (Wildman–Crippen MR) is 93.6 cm³/mol. The number of benzene rings is 2. The van der Waals surface area contributed by atoms with E-state index in [9.17, 15) is 0 Å². The first kappa shape index (κ1) is 24.6. The van der Waals surface area contributed by atoms with Crippen molar-refractivity contribution in [2.75, 3.05) is 6.26 Å². The standard InChI is InChI=1S/C10H8.3C2H6.CH4O3S/c1-2-6-10-8-4-3-7-9(10)5-1;3*1-2;1-5(2,3)4/h1-8H;3*1-2H3;1H3,(H,2,3,4)/p-1. The summed E-state index contributed by atoms with van der Waals surface area (Å²) >= 11 is 0.